The van der Waals surface area contributed by atoms with E-state index >= 15 is 0 Å². The van der Waals surface area contributed by atoms with Crippen LogP contribution in [0.5, 0.6) is 0 Å². The van der Waals surface area contributed by atoms with E-state index < -0.39 is 0 Å². The average Bonchev–Trinajstić information content (AvgIpc) is 2.39. The highest BCUT2D eigenvalue weighted by atomic mass is 127. The largest absolute Gasteiger partial charge is 0.354 e. The van der Waals surface area contributed by atoms with E-state index in [-0.39, 0.29) is 0 Å². The first-order valence-corrected chi connectivity index (χ1v) is 6.93. The molecule has 0 aliphatic carbocycles. The van der Waals surface area contributed by atoms with Gasteiger partial charge in [0.15, 0.2) is 0 Å². The van der Waals surface area contributed by atoms with E-state index in [2.05, 4.69) is 63.1 Å². The van der Waals surface area contributed by atoms with Crippen LogP contribution in [0.1, 0.15) is 0 Å². The molecule has 2 heterocycles. The van der Waals surface area contributed by atoms with Gasteiger partial charge >= 0.3 is 0 Å². The van der Waals surface area contributed by atoms with Gasteiger partial charge in [-0.1, -0.05) is 0 Å². The van der Waals surface area contributed by atoms with Crippen LogP contribution in [0.3, 0.4) is 0 Å². The number of hydrogen-bond donors (Lipinski definition) is 1. The van der Waals surface area contributed by atoms with Gasteiger partial charge in [0, 0.05) is 35.1 Å². The monoisotopic (exact) mass is 339 g/mol. The highest BCUT2D eigenvalue weighted by Gasteiger charge is 2.11. The molecule has 1 saturated heterocycles. The number of rotatable bonds is 1. The molecule has 0 radical (unpaired) electrons. The minimum absolute atomic E-state index is 1.04. The molecule has 0 amide bonds. The lowest BCUT2D eigenvalue weighted by Crippen LogP contribution is -2.43. The summed E-state index contributed by atoms with van der Waals surface area (Å²) in [5, 5.41) is 4.58. The fourth-order valence-electron chi connectivity index (χ4n) is 2.16. The first kappa shape index (κ1) is 11.2. The first-order chi connectivity index (χ1) is 8.33. The summed E-state index contributed by atoms with van der Waals surface area (Å²) in [7, 11) is 0. The lowest BCUT2D eigenvalue weighted by molar-refractivity contribution is 0.585. The van der Waals surface area contributed by atoms with E-state index in [0.29, 0.717) is 0 Å². The van der Waals surface area contributed by atoms with Crippen molar-refractivity contribution < 1.29 is 0 Å². The summed E-state index contributed by atoms with van der Waals surface area (Å²) >= 11 is 2.33. The van der Waals surface area contributed by atoms with E-state index in [4.69, 9.17) is 4.98 Å². The number of nitrogens with zero attached hydrogens (tertiary/aromatic N) is 2. The Bertz CT molecular complexity index is 535. The molecule has 0 unspecified atom stereocenters. The summed E-state index contributed by atoms with van der Waals surface area (Å²) < 4.78 is 1.26. The standard InChI is InChI=1S/C13H14IN3/c14-11-2-3-12-10(9-11)1-4-13(16-12)17-7-5-15-6-8-17/h1-4,9,15H,5-8H2. The minimum atomic E-state index is 1.04. The van der Waals surface area contributed by atoms with Crippen LogP contribution >= 0.6 is 22.6 Å². The zero-order valence-corrected chi connectivity index (χ0v) is 11.6. The number of hydrogen-bond acceptors (Lipinski definition) is 3. The van der Waals surface area contributed by atoms with Crippen LogP contribution in [0.25, 0.3) is 10.9 Å². The Labute approximate surface area is 114 Å². The molecular formula is C13H14IN3. The Balaban J connectivity index is 1.98. The van der Waals surface area contributed by atoms with Crippen molar-refractivity contribution in [2.45, 2.75) is 0 Å². The summed E-state index contributed by atoms with van der Waals surface area (Å²) in [5.41, 5.74) is 1.08. The summed E-state index contributed by atoms with van der Waals surface area (Å²) in [6.07, 6.45) is 0. The van der Waals surface area contributed by atoms with Crippen molar-refractivity contribution in [3.05, 3.63) is 33.9 Å². The molecule has 0 bridgehead atoms. The Morgan fingerprint density at radius 3 is 2.76 bits per heavy atom. The highest BCUT2D eigenvalue weighted by Crippen LogP contribution is 2.20. The Kier molecular flexibility index (Phi) is 3.15. The van der Waals surface area contributed by atoms with Crippen LogP contribution in [0.15, 0.2) is 30.3 Å². The van der Waals surface area contributed by atoms with Crippen LogP contribution in [-0.2, 0) is 0 Å². The number of piperazine rings is 1. The van der Waals surface area contributed by atoms with Gasteiger partial charge in [0.25, 0.3) is 0 Å². The molecule has 0 atom stereocenters. The van der Waals surface area contributed by atoms with Crippen LogP contribution in [0.4, 0.5) is 5.82 Å². The maximum Gasteiger partial charge on any atom is 0.129 e. The molecular weight excluding hydrogens is 325 g/mol. The number of halogens is 1. The molecule has 17 heavy (non-hydrogen) atoms. The molecule has 88 valence electrons. The molecule has 1 aromatic carbocycles. The topological polar surface area (TPSA) is 28.2 Å². The molecule has 3 rings (SSSR count). The quantitative estimate of drug-likeness (QED) is 0.808. The van der Waals surface area contributed by atoms with Gasteiger partial charge in [0.05, 0.1) is 5.52 Å². The van der Waals surface area contributed by atoms with Crippen molar-refractivity contribution in [2.24, 2.45) is 0 Å². The fraction of sp³-hybridized carbons (Fsp3) is 0.308. The van der Waals surface area contributed by atoms with E-state index in [0.717, 1.165) is 37.5 Å². The fourth-order valence-corrected chi connectivity index (χ4v) is 2.67. The predicted molar refractivity (Wildman–Crippen MR) is 79.5 cm³/mol. The van der Waals surface area contributed by atoms with Crippen LogP contribution in [-0.4, -0.2) is 31.2 Å². The van der Waals surface area contributed by atoms with Gasteiger partial charge in [-0.3, -0.25) is 0 Å². The van der Waals surface area contributed by atoms with Crippen LogP contribution in [0.2, 0.25) is 0 Å². The second-order valence-electron chi connectivity index (χ2n) is 4.24. The number of anilines is 1. The lowest BCUT2D eigenvalue weighted by atomic mass is 10.2. The molecule has 1 fully saturated rings. The van der Waals surface area contributed by atoms with Gasteiger partial charge in [0.1, 0.15) is 5.82 Å². The summed E-state index contributed by atoms with van der Waals surface area (Å²) in [4.78, 5) is 7.08. The molecule has 3 nitrogen and oxygen atoms in total. The van der Waals surface area contributed by atoms with Gasteiger partial charge < -0.3 is 10.2 Å². The number of pyridine rings is 1. The van der Waals surface area contributed by atoms with E-state index in [1.54, 1.807) is 0 Å². The van der Waals surface area contributed by atoms with Crippen LogP contribution in [0, 0.1) is 3.57 Å². The SMILES string of the molecule is Ic1ccc2nc(N3CCNCC3)ccc2c1. The molecule has 1 aliphatic rings. The average molecular weight is 339 g/mol. The van der Waals surface area contributed by atoms with Crippen molar-refractivity contribution >= 4 is 39.3 Å². The van der Waals surface area contributed by atoms with Gasteiger partial charge in [-0.25, -0.2) is 4.98 Å². The van der Waals surface area contributed by atoms with E-state index in [1.165, 1.54) is 8.96 Å². The molecule has 1 aromatic heterocycles. The van der Waals surface area contributed by atoms with Crippen LogP contribution < -0.4 is 10.2 Å². The zero-order chi connectivity index (χ0) is 11.7. The molecule has 0 saturated carbocycles. The highest BCUT2D eigenvalue weighted by molar-refractivity contribution is 14.1. The first-order valence-electron chi connectivity index (χ1n) is 5.85. The van der Waals surface area contributed by atoms with E-state index in [1.807, 2.05) is 0 Å². The predicted octanol–water partition coefficient (Wildman–Crippen LogP) is 2.25. The number of nitrogens with one attached hydrogen (secondary N) is 1. The van der Waals surface area contributed by atoms with Gasteiger partial charge in [-0.05, 0) is 52.9 Å². The third-order valence-electron chi connectivity index (χ3n) is 3.08. The zero-order valence-electron chi connectivity index (χ0n) is 9.49. The Morgan fingerprint density at radius 1 is 1.12 bits per heavy atom. The number of fused-ring (bicyclic) bond motifs is 1. The molecule has 2 aromatic rings. The molecule has 1 N–H and O–H groups in total. The summed E-state index contributed by atoms with van der Waals surface area (Å²) in [5.74, 6) is 1.10. The lowest BCUT2D eigenvalue weighted by Gasteiger charge is -2.28. The third kappa shape index (κ3) is 2.37. The smallest absolute Gasteiger partial charge is 0.129 e. The number of aromatic nitrogens is 1. The molecule has 4 heteroatoms. The minimum Gasteiger partial charge on any atom is -0.354 e. The second kappa shape index (κ2) is 4.78. The van der Waals surface area contributed by atoms with Gasteiger partial charge in [-0.15, -0.1) is 0 Å². The van der Waals surface area contributed by atoms with Crippen molar-refractivity contribution in [3.8, 4) is 0 Å². The van der Waals surface area contributed by atoms with Crippen molar-refractivity contribution in [1.82, 2.24) is 10.3 Å². The maximum absolute atomic E-state index is 4.73. The second-order valence-corrected chi connectivity index (χ2v) is 5.49. The normalized spacial score (nSPS) is 16.4. The Morgan fingerprint density at radius 2 is 1.94 bits per heavy atom. The molecule has 1 aliphatic heterocycles. The summed E-state index contributed by atoms with van der Waals surface area (Å²) in [6, 6.07) is 10.7. The van der Waals surface area contributed by atoms with Gasteiger partial charge in [0.2, 0.25) is 0 Å². The maximum atomic E-state index is 4.73. The van der Waals surface area contributed by atoms with Crippen molar-refractivity contribution in [1.29, 1.82) is 0 Å². The third-order valence-corrected chi connectivity index (χ3v) is 3.75. The summed E-state index contributed by atoms with van der Waals surface area (Å²) in [6.45, 7) is 4.19. The number of benzene rings is 1. The molecule has 0 spiro atoms. The Hall–Kier alpha value is -0.880. The van der Waals surface area contributed by atoms with Crippen molar-refractivity contribution in [3.63, 3.8) is 0 Å². The van der Waals surface area contributed by atoms with Gasteiger partial charge in [-0.2, -0.15) is 0 Å². The van der Waals surface area contributed by atoms with Crippen molar-refractivity contribution in [2.75, 3.05) is 31.1 Å². The van der Waals surface area contributed by atoms with E-state index in [9.17, 15) is 0 Å².